The third-order valence-corrected chi connectivity index (χ3v) is 4.16. The van der Waals surface area contributed by atoms with Gasteiger partial charge in [0.2, 0.25) is 0 Å². The smallest absolute Gasteiger partial charge is 0.255 e. The first-order chi connectivity index (χ1) is 10.7. The first kappa shape index (κ1) is 14.6. The van der Waals surface area contributed by atoms with E-state index in [4.69, 9.17) is 0 Å². The molecule has 0 fully saturated rings. The van der Waals surface area contributed by atoms with Crippen molar-refractivity contribution in [3.63, 3.8) is 0 Å². The molecule has 3 rings (SSSR count). The summed E-state index contributed by atoms with van der Waals surface area (Å²) in [5.74, 6) is -0.0395. The average molecular weight is 291 g/mol. The van der Waals surface area contributed by atoms with Gasteiger partial charge < -0.3 is 5.32 Å². The summed E-state index contributed by atoms with van der Waals surface area (Å²) < 4.78 is 0. The number of carbonyl (C=O) groups is 1. The van der Waals surface area contributed by atoms with Crippen LogP contribution >= 0.6 is 0 Å². The molecule has 0 atom stereocenters. The molecule has 0 aliphatic heterocycles. The van der Waals surface area contributed by atoms with Gasteiger partial charge in [-0.15, -0.1) is 0 Å². The quantitative estimate of drug-likeness (QED) is 0.857. The molecule has 112 valence electrons. The second-order valence-electron chi connectivity index (χ2n) is 5.87. The maximum absolute atomic E-state index is 12.4. The minimum Gasteiger partial charge on any atom is -0.322 e. The van der Waals surface area contributed by atoms with Gasteiger partial charge >= 0.3 is 0 Å². The van der Waals surface area contributed by atoms with Crippen molar-refractivity contribution in [2.24, 2.45) is 0 Å². The fraction of sp³-hybridized carbons (Fsp3) is 0.250. The number of rotatable bonds is 3. The molecular weight excluding hydrogens is 270 g/mol. The van der Waals surface area contributed by atoms with Gasteiger partial charge in [-0.2, -0.15) is 0 Å². The maximum atomic E-state index is 12.4. The summed E-state index contributed by atoms with van der Waals surface area (Å²) in [6, 6.07) is 12.1. The summed E-state index contributed by atoms with van der Waals surface area (Å²) >= 11 is 0. The van der Waals surface area contributed by atoms with Crippen molar-refractivity contribution in [2.45, 2.75) is 33.1 Å². The summed E-state index contributed by atoms with van der Waals surface area (Å²) in [6.07, 6.45) is 7.35. The molecule has 1 N–H and O–H groups in total. The molecule has 0 saturated heterocycles. The molecule has 0 saturated carbocycles. The Balaban J connectivity index is 1.82. The lowest BCUT2D eigenvalue weighted by molar-refractivity contribution is 0.0967. The molecule has 0 spiro atoms. The Kier molecular flexibility index (Phi) is 4.10. The standard InChI is InChI=1S/C20H21NO/c1-3-15-5-4-6-19(12-15)21-20(22)18-10-9-16-11-14(2)7-8-17(16)13-18/h6-13H,3-5H2,1-2H3,(H,21,22). The SMILES string of the molecule is CCC1=CC(NC(=O)c2ccc3cc(C)ccc3c2)=CCC1. The Morgan fingerprint density at radius 1 is 1.14 bits per heavy atom. The Morgan fingerprint density at radius 2 is 1.91 bits per heavy atom. The molecule has 0 heterocycles. The predicted molar refractivity (Wildman–Crippen MR) is 91.8 cm³/mol. The van der Waals surface area contributed by atoms with Gasteiger partial charge in [-0.05, 0) is 55.2 Å². The van der Waals surface area contributed by atoms with Crippen LogP contribution in [0, 0.1) is 6.92 Å². The van der Waals surface area contributed by atoms with Gasteiger partial charge in [0.25, 0.3) is 5.91 Å². The van der Waals surface area contributed by atoms with Crippen LogP contribution in [0.15, 0.2) is 59.8 Å². The van der Waals surface area contributed by atoms with Crippen LogP contribution in [0.4, 0.5) is 0 Å². The third-order valence-electron chi connectivity index (χ3n) is 4.16. The fourth-order valence-corrected chi connectivity index (χ4v) is 2.84. The van der Waals surface area contributed by atoms with Crippen LogP contribution in [0.25, 0.3) is 10.8 Å². The summed E-state index contributed by atoms with van der Waals surface area (Å²) in [5, 5.41) is 5.29. The number of nitrogens with one attached hydrogen (secondary N) is 1. The Morgan fingerprint density at radius 3 is 2.73 bits per heavy atom. The fourth-order valence-electron chi connectivity index (χ4n) is 2.84. The number of fused-ring (bicyclic) bond motifs is 1. The molecule has 0 aromatic heterocycles. The summed E-state index contributed by atoms with van der Waals surface area (Å²) in [6.45, 7) is 4.23. The number of benzene rings is 2. The van der Waals surface area contributed by atoms with Gasteiger partial charge in [-0.3, -0.25) is 4.79 Å². The first-order valence-corrected chi connectivity index (χ1v) is 7.87. The van der Waals surface area contributed by atoms with Crippen molar-refractivity contribution in [3.8, 4) is 0 Å². The van der Waals surface area contributed by atoms with Crippen molar-refractivity contribution in [3.05, 3.63) is 70.9 Å². The summed E-state index contributed by atoms with van der Waals surface area (Å²) in [4.78, 5) is 12.4. The van der Waals surface area contributed by atoms with E-state index in [1.165, 1.54) is 16.5 Å². The largest absolute Gasteiger partial charge is 0.322 e. The zero-order valence-corrected chi connectivity index (χ0v) is 13.1. The number of carbonyl (C=O) groups excluding carboxylic acids is 1. The summed E-state index contributed by atoms with van der Waals surface area (Å²) in [7, 11) is 0. The van der Waals surface area contributed by atoms with E-state index in [1.807, 2.05) is 18.2 Å². The normalized spacial score (nSPS) is 14.5. The molecule has 0 radical (unpaired) electrons. The van der Waals surface area contributed by atoms with Gasteiger partial charge in [0, 0.05) is 11.3 Å². The van der Waals surface area contributed by atoms with Gasteiger partial charge in [0.05, 0.1) is 0 Å². The number of allylic oxidation sites excluding steroid dienone is 3. The van der Waals surface area contributed by atoms with E-state index in [0.29, 0.717) is 5.56 Å². The summed E-state index contributed by atoms with van der Waals surface area (Å²) in [5.41, 5.74) is 4.26. The number of amides is 1. The van der Waals surface area contributed by atoms with E-state index in [1.54, 1.807) is 0 Å². The molecular formula is C20H21NO. The number of hydrogen-bond donors (Lipinski definition) is 1. The minimum atomic E-state index is -0.0395. The number of hydrogen-bond acceptors (Lipinski definition) is 1. The number of aryl methyl sites for hydroxylation is 1. The second-order valence-corrected chi connectivity index (χ2v) is 5.87. The predicted octanol–water partition coefficient (Wildman–Crippen LogP) is 4.89. The molecule has 0 unspecified atom stereocenters. The van der Waals surface area contributed by atoms with E-state index in [9.17, 15) is 4.79 Å². The molecule has 1 aliphatic carbocycles. The Bertz CT molecular complexity index is 783. The monoisotopic (exact) mass is 291 g/mol. The third kappa shape index (κ3) is 3.11. The van der Waals surface area contributed by atoms with Crippen LogP contribution in [0.3, 0.4) is 0 Å². The van der Waals surface area contributed by atoms with Gasteiger partial charge in [-0.25, -0.2) is 0 Å². The highest BCUT2D eigenvalue weighted by molar-refractivity contribution is 5.99. The highest BCUT2D eigenvalue weighted by Crippen LogP contribution is 2.20. The molecule has 2 heteroatoms. The van der Waals surface area contributed by atoms with E-state index in [-0.39, 0.29) is 5.91 Å². The lowest BCUT2D eigenvalue weighted by Crippen LogP contribution is -2.22. The molecule has 1 amide bonds. The first-order valence-electron chi connectivity index (χ1n) is 7.87. The highest BCUT2D eigenvalue weighted by atomic mass is 16.1. The lowest BCUT2D eigenvalue weighted by Gasteiger charge is -2.14. The molecule has 0 bridgehead atoms. The average Bonchev–Trinajstić information content (AvgIpc) is 2.54. The van der Waals surface area contributed by atoms with Crippen molar-refractivity contribution >= 4 is 16.7 Å². The van der Waals surface area contributed by atoms with Crippen LogP contribution in [0.2, 0.25) is 0 Å². The van der Waals surface area contributed by atoms with Crippen LogP contribution in [-0.4, -0.2) is 5.91 Å². The van der Waals surface area contributed by atoms with Crippen molar-refractivity contribution in [2.75, 3.05) is 0 Å². The van der Waals surface area contributed by atoms with Gasteiger partial charge in [0.1, 0.15) is 0 Å². The van der Waals surface area contributed by atoms with Crippen molar-refractivity contribution in [1.29, 1.82) is 0 Å². The van der Waals surface area contributed by atoms with E-state index in [2.05, 4.69) is 49.5 Å². The van der Waals surface area contributed by atoms with Crippen LogP contribution in [0.5, 0.6) is 0 Å². The molecule has 2 aromatic carbocycles. The zero-order valence-electron chi connectivity index (χ0n) is 13.1. The van der Waals surface area contributed by atoms with Crippen LogP contribution in [-0.2, 0) is 0 Å². The van der Waals surface area contributed by atoms with Crippen molar-refractivity contribution in [1.82, 2.24) is 5.32 Å². The molecule has 2 nitrogen and oxygen atoms in total. The van der Waals surface area contributed by atoms with Crippen LogP contribution in [0.1, 0.15) is 42.1 Å². The van der Waals surface area contributed by atoms with E-state index in [0.717, 1.165) is 30.3 Å². The second kappa shape index (κ2) is 6.18. The van der Waals surface area contributed by atoms with Gasteiger partial charge in [0.15, 0.2) is 0 Å². The maximum Gasteiger partial charge on any atom is 0.255 e. The lowest BCUT2D eigenvalue weighted by atomic mass is 10.0. The highest BCUT2D eigenvalue weighted by Gasteiger charge is 2.10. The van der Waals surface area contributed by atoms with E-state index >= 15 is 0 Å². The minimum absolute atomic E-state index is 0.0395. The molecule has 2 aromatic rings. The molecule has 1 aliphatic rings. The van der Waals surface area contributed by atoms with Crippen molar-refractivity contribution < 1.29 is 4.79 Å². The van der Waals surface area contributed by atoms with E-state index < -0.39 is 0 Å². The van der Waals surface area contributed by atoms with Crippen LogP contribution < -0.4 is 5.32 Å². The van der Waals surface area contributed by atoms with Gasteiger partial charge in [-0.1, -0.05) is 48.4 Å². The molecule has 22 heavy (non-hydrogen) atoms. The zero-order chi connectivity index (χ0) is 15.5. The Hall–Kier alpha value is -2.35. The Labute approximate surface area is 131 Å². The topological polar surface area (TPSA) is 29.1 Å².